The first kappa shape index (κ1) is 15.5. The zero-order valence-corrected chi connectivity index (χ0v) is 14.3. The van der Waals surface area contributed by atoms with Gasteiger partial charge in [-0.1, -0.05) is 35.9 Å². The Morgan fingerprint density at radius 3 is 2.42 bits per heavy atom. The lowest BCUT2D eigenvalue weighted by Crippen LogP contribution is -2.21. The van der Waals surface area contributed by atoms with Crippen molar-refractivity contribution < 1.29 is 9.90 Å². The van der Waals surface area contributed by atoms with Gasteiger partial charge in [-0.05, 0) is 66.6 Å². The third kappa shape index (κ3) is 2.46. The van der Waals surface area contributed by atoms with Crippen LogP contribution in [0.2, 0.25) is 5.02 Å². The van der Waals surface area contributed by atoms with Crippen molar-refractivity contribution in [3.8, 4) is 11.1 Å². The van der Waals surface area contributed by atoms with E-state index in [0.717, 1.165) is 41.5 Å². The minimum Gasteiger partial charge on any atom is -0.511 e. The van der Waals surface area contributed by atoms with Gasteiger partial charge in [-0.15, -0.1) is 0 Å². The van der Waals surface area contributed by atoms with Crippen LogP contribution in [0, 0.1) is 18.8 Å². The smallest absolute Gasteiger partial charge is 0.169 e. The number of aliphatic hydroxyl groups is 1. The first-order valence-electron chi connectivity index (χ1n) is 8.39. The zero-order valence-electron chi connectivity index (χ0n) is 13.6. The molecule has 0 aliphatic heterocycles. The number of fused-ring (bicyclic) bond motifs is 2. The van der Waals surface area contributed by atoms with Gasteiger partial charge in [0.15, 0.2) is 5.78 Å². The second-order valence-corrected chi connectivity index (χ2v) is 7.30. The minimum absolute atomic E-state index is 0.0829. The number of hydrogen-bond donors (Lipinski definition) is 1. The molecule has 2 aromatic rings. The summed E-state index contributed by atoms with van der Waals surface area (Å²) in [5, 5.41) is 11.3. The van der Waals surface area contributed by atoms with E-state index in [0.29, 0.717) is 16.4 Å². The van der Waals surface area contributed by atoms with Crippen molar-refractivity contribution in [2.24, 2.45) is 11.8 Å². The van der Waals surface area contributed by atoms with E-state index in [-0.39, 0.29) is 17.6 Å². The summed E-state index contributed by atoms with van der Waals surface area (Å²) in [7, 11) is 0. The van der Waals surface area contributed by atoms with Gasteiger partial charge in [0, 0.05) is 16.9 Å². The molecule has 2 aliphatic rings. The van der Waals surface area contributed by atoms with Crippen molar-refractivity contribution in [3.05, 3.63) is 64.4 Å². The van der Waals surface area contributed by atoms with Gasteiger partial charge in [0.05, 0.1) is 5.57 Å². The van der Waals surface area contributed by atoms with E-state index in [1.54, 1.807) is 0 Å². The maximum Gasteiger partial charge on any atom is 0.169 e. The summed E-state index contributed by atoms with van der Waals surface area (Å²) < 4.78 is 0. The molecule has 24 heavy (non-hydrogen) atoms. The Hall–Kier alpha value is -2.06. The number of carbonyl (C=O) groups excluding carboxylic acids is 1. The quantitative estimate of drug-likeness (QED) is 0.775. The third-order valence-electron chi connectivity index (χ3n) is 5.38. The molecule has 3 heteroatoms. The number of hydrogen-bond acceptors (Lipinski definition) is 2. The molecule has 1 fully saturated rings. The van der Waals surface area contributed by atoms with E-state index >= 15 is 0 Å². The molecule has 2 atom stereocenters. The second kappa shape index (κ2) is 5.78. The molecule has 0 radical (unpaired) electrons. The fourth-order valence-corrected chi connectivity index (χ4v) is 4.11. The predicted octanol–water partition coefficient (Wildman–Crippen LogP) is 5.58. The summed E-state index contributed by atoms with van der Waals surface area (Å²) in [6.45, 7) is 1.99. The Labute approximate surface area is 146 Å². The van der Waals surface area contributed by atoms with E-state index in [4.69, 9.17) is 11.6 Å². The molecule has 0 aromatic heterocycles. The van der Waals surface area contributed by atoms with E-state index < -0.39 is 0 Å². The van der Waals surface area contributed by atoms with Gasteiger partial charge in [0.25, 0.3) is 0 Å². The number of carbonyl (C=O) groups is 1. The lowest BCUT2D eigenvalue weighted by molar-refractivity contribution is -0.117. The van der Waals surface area contributed by atoms with Gasteiger partial charge < -0.3 is 5.11 Å². The van der Waals surface area contributed by atoms with E-state index in [9.17, 15) is 9.90 Å². The van der Waals surface area contributed by atoms with Crippen LogP contribution < -0.4 is 0 Å². The van der Waals surface area contributed by atoms with Crippen LogP contribution in [0.25, 0.3) is 16.7 Å². The lowest BCUT2D eigenvalue weighted by atomic mass is 9.81. The fourth-order valence-electron chi connectivity index (χ4n) is 3.99. The fraction of sp³-hybridized carbons (Fsp3) is 0.286. The molecular weight excluding hydrogens is 320 g/mol. The van der Waals surface area contributed by atoms with Crippen LogP contribution in [0.4, 0.5) is 0 Å². The molecule has 2 aromatic carbocycles. The third-order valence-corrected chi connectivity index (χ3v) is 5.63. The highest BCUT2D eigenvalue weighted by Crippen LogP contribution is 2.46. The van der Waals surface area contributed by atoms with Crippen molar-refractivity contribution in [3.63, 3.8) is 0 Å². The number of Topliss-reactive ketones (excluding diaryl/α,β-unsaturated/α-hetero) is 1. The SMILES string of the molecule is Cc1ccc(-c2ccc(Cl)cc2)cc1C1=C(O)[C@H]2CCC(C2)C1=O. The molecule has 1 N–H and O–H groups in total. The van der Waals surface area contributed by atoms with Gasteiger partial charge in [-0.25, -0.2) is 0 Å². The number of aliphatic hydroxyl groups excluding tert-OH is 1. The molecule has 0 heterocycles. The molecular formula is C21H19ClO2. The molecule has 4 rings (SSSR count). The summed E-state index contributed by atoms with van der Waals surface area (Å²) >= 11 is 5.97. The van der Waals surface area contributed by atoms with E-state index in [1.165, 1.54) is 0 Å². The minimum atomic E-state index is 0.0829. The Morgan fingerprint density at radius 1 is 1.00 bits per heavy atom. The van der Waals surface area contributed by atoms with Crippen LogP contribution in [-0.4, -0.2) is 10.9 Å². The van der Waals surface area contributed by atoms with Crippen LogP contribution >= 0.6 is 11.6 Å². The van der Waals surface area contributed by atoms with E-state index in [2.05, 4.69) is 0 Å². The summed E-state index contributed by atoms with van der Waals surface area (Å²) in [5.41, 5.74) is 4.50. The van der Waals surface area contributed by atoms with Crippen molar-refractivity contribution >= 4 is 23.0 Å². The Balaban J connectivity index is 1.84. The number of ketones is 1. The van der Waals surface area contributed by atoms with Gasteiger partial charge >= 0.3 is 0 Å². The Morgan fingerprint density at radius 2 is 1.67 bits per heavy atom. The standard InChI is InChI=1S/C21H19ClO2/c1-12-2-3-14(13-6-8-17(22)9-7-13)11-18(12)19-20(23)15-4-5-16(10-15)21(19)24/h2-3,6-9,11,15-16,23H,4-5,10H2,1H3/t15-,16?/m0/s1. The molecule has 2 nitrogen and oxygen atoms in total. The first-order valence-corrected chi connectivity index (χ1v) is 8.76. The highest BCUT2D eigenvalue weighted by atomic mass is 35.5. The van der Waals surface area contributed by atoms with Crippen molar-refractivity contribution in [1.82, 2.24) is 0 Å². The molecule has 0 saturated heterocycles. The number of allylic oxidation sites excluding steroid dienone is 2. The number of halogens is 1. The van der Waals surface area contributed by atoms with E-state index in [1.807, 2.05) is 49.4 Å². The van der Waals surface area contributed by atoms with Crippen molar-refractivity contribution in [1.29, 1.82) is 0 Å². The molecule has 122 valence electrons. The predicted molar refractivity (Wildman–Crippen MR) is 97.0 cm³/mol. The molecule has 2 bridgehead atoms. The highest BCUT2D eigenvalue weighted by Gasteiger charge is 2.41. The van der Waals surface area contributed by atoms with Crippen molar-refractivity contribution in [2.75, 3.05) is 0 Å². The largest absolute Gasteiger partial charge is 0.511 e. The first-order chi connectivity index (χ1) is 11.5. The van der Waals surface area contributed by atoms with Crippen LogP contribution in [0.1, 0.15) is 30.4 Å². The second-order valence-electron chi connectivity index (χ2n) is 6.87. The molecule has 0 amide bonds. The number of aryl methyl sites for hydroxylation is 1. The van der Waals surface area contributed by atoms with Gasteiger partial charge in [0.1, 0.15) is 5.76 Å². The zero-order chi connectivity index (χ0) is 16.8. The summed E-state index contributed by atoms with van der Waals surface area (Å²) in [6, 6.07) is 13.7. The summed E-state index contributed by atoms with van der Waals surface area (Å²) in [6.07, 6.45) is 2.62. The van der Waals surface area contributed by atoms with Gasteiger partial charge in [-0.3, -0.25) is 4.79 Å². The van der Waals surface area contributed by atoms with Crippen molar-refractivity contribution in [2.45, 2.75) is 26.2 Å². The molecule has 1 unspecified atom stereocenters. The summed E-state index contributed by atoms with van der Waals surface area (Å²) in [4.78, 5) is 12.8. The Kier molecular flexibility index (Phi) is 3.73. The lowest BCUT2D eigenvalue weighted by Gasteiger charge is -2.23. The number of rotatable bonds is 2. The van der Waals surface area contributed by atoms with Crippen LogP contribution in [0.3, 0.4) is 0 Å². The molecule has 2 aliphatic carbocycles. The summed E-state index contributed by atoms with van der Waals surface area (Å²) in [5.74, 6) is 0.642. The van der Waals surface area contributed by atoms with Crippen LogP contribution in [0.15, 0.2) is 48.2 Å². The van der Waals surface area contributed by atoms with Crippen LogP contribution in [0.5, 0.6) is 0 Å². The van der Waals surface area contributed by atoms with Gasteiger partial charge in [0.2, 0.25) is 0 Å². The average Bonchev–Trinajstić information content (AvgIpc) is 3.03. The molecule has 1 saturated carbocycles. The van der Waals surface area contributed by atoms with Crippen LogP contribution in [-0.2, 0) is 4.79 Å². The van der Waals surface area contributed by atoms with Gasteiger partial charge in [-0.2, -0.15) is 0 Å². The topological polar surface area (TPSA) is 37.3 Å². The Bertz CT molecular complexity index is 849. The number of benzene rings is 2. The average molecular weight is 339 g/mol. The molecule has 0 spiro atoms. The highest BCUT2D eigenvalue weighted by molar-refractivity contribution is 6.30. The maximum absolute atomic E-state index is 12.8. The maximum atomic E-state index is 12.8. The normalized spacial score (nSPS) is 23.0. The monoisotopic (exact) mass is 338 g/mol.